The lowest BCUT2D eigenvalue weighted by molar-refractivity contribution is 0.886. The van der Waals surface area contributed by atoms with Crippen molar-refractivity contribution in [3.63, 3.8) is 0 Å². The van der Waals surface area contributed by atoms with Gasteiger partial charge in [-0.1, -0.05) is 23.2 Å². The Kier molecular flexibility index (Phi) is 3.60. The highest BCUT2D eigenvalue weighted by Crippen LogP contribution is 2.31. The van der Waals surface area contributed by atoms with E-state index in [-0.39, 0.29) is 6.04 Å². The number of aromatic amines is 1. The molecule has 1 aromatic carbocycles. The van der Waals surface area contributed by atoms with E-state index in [9.17, 15) is 0 Å². The van der Waals surface area contributed by atoms with Gasteiger partial charge in [0.25, 0.3) is 0 Å². The molecule has 5 heteroatoms. The summed E-state index contributed by atoms with van der Waals surface area (Å²) in [6.07, 6.45) is 3.63. The number of H-pyrrole nitrogens is 1. The van der Waals surface area contributed by atoms with Gasteiger partial charge in [0.2, 0.25) is 0 Å². The highest BCUT2D eigenvalue weighted by Gasteiger charge is 2.10. The minimum absolute atomic E-state index is 0.116. The summed E-state index contributed by atoms with van der Waals surface area (Å²) in [6, 6.07) is 3.81. The number of nitrogens with one attached hydrogen (secondary N) is 2. The average Bonchev–Trinajstić information content (AvgIpc) is 2.79. The maximum atomic E-state index is 6.16. The van der Waals surface area contributed by atoms with E-state index in [4.69, 9.17) is 23.2 Å². The van der Waals surface area contributed by atoms with Gasteiger partial charge in [-0.05, 0) is 31.5 Å². The van der Waals surface area contributed by atoms with E-state index in [2.05, 4.69) is 15.5 Å². The SMILES string of the molecule is Cc1cc(Cl)c(NC(C)c2cn[nH]c2)cc1Cl. The van der Waals surface area contributed by atoms with Crippen LogP contribution in [-0.2, 0) is 0 Å². The van der Waals surface area contributed by atoms with Crippen molar-refractivity contribution in [2.24, 2.45) is 0 Å². The molecule has 2 aromatic rings. The van der Waals surface area contributed by atoms with Crippen LogP contribution in [0.15, 0.2) is 24.5 Å². The molecule has 3 nitrogen and oxygen atoms in total. The number of nitrogens with zero attached hydrogens (tertiary/aromatic N) is 1. The number of rotatable bonds is 3. The maximum absolute atomic E-state index is 6.16. The first kappa shape index (κ1) is 12.3. The van der Waals surface area contributed by atoms with Crippen molar-refractivity contribution in [1.29, 1.82) is 0 Å². The summed E-state index contributed by atoms with van der Waals surface area (Å²) in [5, 5.41) is 11.4. The van der Waals surface area contributed by atoms with Gasteiger partial charge in [-0.2, -0.15) is 5.10 Å². The number of benzene rings is 1. The highest BCUT2D eigenvalue weighted by molar-refractivity contribution is 6.35. The van der Waals surface area contributed by atoms with Crippen LogP contribution in [0, 0.1) is 6.92 Å². The predicted molar refractivity (Wildman–Crippen MR) is 71.8 cm³/mol. The molecule has 1 heterocycles. The van der Waals surface area contributed by atoms with E-state index in [1.165, 1.54) is 0 Å². The lowest BCUT2D eigenvalue weighted by atomic mass is 10.1. The standard InChI is InChI=1S/C12H13Cl2N3/c1-7-3-11(14)12(4-10(7)13)17-8(2)9-5-15-16-6-9/h3-6,8,17H,1-2H3,(H,15,16). The zero-order valence-corrected chi connectivity index (χ0v) is 11.1. The summed E-state index contributed by atoms with van der Waals surface area (Å²) >= 11 is 12.2. The first-order valence-corrected chi connectivity index (χ1v) is 6.04. The normalized spacial score (nSPS) is 12.5. The molecule has 1 aromatic heterocycles. The fraction of sp³-hybridized carbons (Fsp3) is 0.250. The number of anilines is 1. The molecule has 90 valence electrons. The minimum Gasteiger partial charge on any atom is -0.377 e. The van der Waals surface area contributed by atoms with Gasteiger partial charge >= 0.3 is 0 Å². The summed E-state index contributed by atoms with van der Waals surface area (Å²) in [5.41, 5.74) is 2.87. The predicted octanol–water partition coefficient (Wildman–Crippen LogP) is 4.20. The highest BCUT2D eigenvalue weighted by atomic mass is 35.5. The zero-order chi connectivity index (χ0) is 12.4. The van der Waals surface area contributed by atoms with Crippen LogP contribution in [0.4, 0.5) is 5.69 Å². The number of aromatic nitrogens is 2. The monoisotopic (exact) mass is 269 g/mol. The molecule has 0 saturated heterocycles. The Balaban J connectivity index is 2.22. The zero-order valence-electron chi connectivity index (χ0n) is 9.59. The summed E-state index contributed by atoms with van der Waals surface area (Å²) in [4.78, 5) is 0. The molecule has 17 heavy (non-hydrogen) atoms. The van der Waals surface area contributed by atoms with E-state index < -0.39 is 0 Å². The van der Waals surface area contributed by atoms with Crippen molar-refractivity contribution < 1.29 is 0 Å². The lowest BCUT2D eigenvalue weighted by Gasteiger charge is -2.15. The van der Waals surface area contributed by atoms with Crippen molar-refractivity contribution in [1.82, 2.24) is 10.2 Å². The van der Waals surface area contributed by atoms with Gasteiger partial charge < -0.3 is 5.32 Å². The second-order valence-corrected chi connectivity index (χ2v) is 4.79. The van der Waals surface area contributed by atoms with E-state index in [1.54, 1.807) is 6.20 Å². The summed E-state index contributed by atoms with van der Waals surface area (Å²) in [5.74, 6) is 0. The van der Waals surface area contributed by atoms with Gasteiger partial charge in [0.15, 0.2) is 0 Å². The summed E-state index contributed by atoms with van der Waals surface area (Å²) < 4.78 is 0. The van der Waals surface area contributed by atoms with Gasteiger partial charge in [-0.25, -0.2) is 0 Å². The number of hydrogen-bond donors (Lipinski definition) is 2. The topological polar surface area (TPSA) is 40.7 Å². The second-order valence-electron chi connectivity index (χ2n) is 3.98. The van der Waals surface area contributed by atoms with Crippen LogP contribution in [0.25, 0.3) is 0 Å². The molecule has 0 saturated carbocycles. The molecule has 0 bridgehead atoms. The molecule has 0 aliphatic carbocycles. The Bertz CT molecular complexity index is 509. The molecular weight excluding hydrogens is 257 g/mol. The van der Waals surface area contributed by atoms with Crippen molar-refractivity contribution in [2.45, 2.75) is 19.9 Å². The quantitative estimate of drug-likeness (QED) is 0.877. The van der Waals surface area contributed by atoms with Gasteiger partial charge in [-0.3, -0.25) is 5.10 Å². The fourth-order valence-electron chi connectivity index (χ4n) is 1.57. The molecule has 0 aliphatic rings. The van der Waals surface area contributed by atoms with Crippen LogP contribution in [0.2, 0.25) is 10.0 Å². The van der Waals surface area contributed by atoms with Gasteiger partial charge in [0.1, 0.15) is 0 Å². The Labute approximate surface area is 110 Å². The van der Waals surface area contributed by atoms with Gasteiger partial charge in [0, 0.05) is 16.8 Å². The number of halogens is 2. The van der Waals surface area contributed by atoms with Crippen molar-refractivity contribution >= 4 is 28.9 Å². The molecule has 0 radical (unpaired) electrons. The first-order valence-electron chi connectivity index (χ1n) is 5.29. The molecule has 0 amide bonds. The Morgan fingerprint density at radius 3 is 2.71 bits per heavy atom. The first-order chi connectivity index (χ1) is 8.08. The van der Waals surface area contributed by atoms with E-state index >= 15 is 0 Å². The Hall–Kier alpha value is -1.19. The third-order valence-electron chi connectivity index (χ3n) is 2.64. The minimum atomic E-state index is 0.116. The van der Waals surface area contributed by atoms with E-state index in [1.807, 2.05) is 32.2 Å². The van der Waals surface area contributed by atoms with E-state index in [0.717, 1.165) is 16.8 Å². The van der Waals surface area contributed by atoms with Crippen molar-refractivity contribution in [2.75, 3.05) is 5.32 Å². The maximum Gasteiger partial charge on any atom is 0.0641 e. The van der Waals surface area contributed by atoms with Crippen molar-refractivity contribution in [3.05, 3.63) is 45.7 Å². The Morgan fingerprint density at radius 2 is 2.06 bits per heavy atom. The lowest BCUT2D eigenvalue weighted by Crippen LogP contribution is -2.06. The average molecular weight is 270 g/mol. The van der Waals surface area contributed by atoms with Crippen LogP contribution >= 0.6 is 23.2 Å². The van der Waals surface area contributed by atoms with Crippen LogP contribution in [0.5, 0.6) is 0 Å². The molecular formula is C12H13Cl2N3. The van der Waals surface area contributed by atoms with Crippen LogP contribution in [0.3, 0.4) is 0 Å². The molecule has 1 atom stereocenters. The number of hydrogen-bond acceptors (Lipinski definition) is 2. The van der Waals surface area contributed by atoms with Crippen LogP contribution in [0.1, 0.15) is 24.1 Å². The molecule has 0 spiro atoms. The molecule has 2 rings (SSSR count). The van der Waals surface area contributed by atoms with Crippen LogP contribution < -0.4 is 5.32 Å². The van der Waals surface area contributed by atoms with Crippen molar-refractivity contribution in [3.8, 4) is 0 Å². The molecule has 2 N–H and O–H groups in total. The summed E-state index contributed by atoms with van der Waals surface area (Å²) in [7, 11) is 0. The smallest absolute Gasteiger partial charge is 0.0641 e. The molecule has 0 aliphatic heterocycles. The Morgan fingerprint density at radius 1 is 1.29 bits per heavy atom. The number of aryl methyl sites for hydroxylation is 1. The fourth-order valence-corrected chi connectivity index (χ4v) is 2.01. The second kappa shape index (κ2) is 4.98. The third-order valence-corrected chi connectivity index (χ3v) is 3.36. The molecule has 1 unspecified atom stereocenters. The van der Waals surface area contributed by atoms with E-state index in [0.29, 0.717) is 10.0 Å². The van der Waals surface area contributed by atoms with Gasteiger partial charge in [0.05, 0.1) is 22.9 Å². The third kappa shape index (κ3) is 2.73. The summed E-state index contributed by atoms with van der Waals surface area (Å²) in [6.45, 7) is 3.96. The van der Waals surface area contributed by atoms with Crippen LogP contribution in [-0.4, -0.2) is 10.2 Å². The molecule has 0 fully saturated rings. The van der Waals surface area contributed by atoms with Gasteiger partial charge in [-0.15, -0.1) is 0 Å². The largest absolute Gasteiger partial charge is 0.377 e.